The molecule has 1 aliphatic carbocycles. The molecule has 0 spiro atoms. The number of benzene rings is 2. The van der Waals surface area contributed by atoms with Crippen LogP contribution in [0.25, 0.3) is 0 Å². The van der Waals surface area contributed by atoms with Crippen molar-refractivity contribution in [3.63, 3.8) is 0 Å². The van der Waals surface area contributed by atoms with Gasteiger partial charge in [-0.1, -0.05) is 0 Å². The number of carbonyl (C=O) groups is 1. The van der Waals surface area contributed by atoms with Gasteiger partial charge in [-0.05, 0) is 87.6 Å². The van der Waals surface area contributed by atoms with Gasteiger partial charge in [0.1, 0.15) is 0 Å². The lowest BCUT2D eigenvalue weighted by Gasteiger charge is -2.15. The fraction of sp³-hybridized carbons (Fsp3) is 0.235. The van der Waals surface area contributed by atoms with E-state index in [0.717, 1.165) is 22.5 Å². The van der Waals surface area contributed by atoms with Crippen LogP contribution in [0.15, 0.2) is 34.8 Å². The highest BCUT2D eigenvalue weighted by molar-refractivity contribution is 14.1. The summed E-state index contributed by atoms with van der Waals surface area (Å²) < 4.78 is 29.6. The Balaban J connectivity index is 1.85. The van der Waals surface area contributed by atoms with E-state index in [4.69, 9.17) is 4.84 Å². The molecule has 0 atom stereocenters. The van der Waals surface area contributed by atoms with Crippen molar-refractivity contribution in [1.29, 1.82) is 0 Å². The minimum atomic E-state index is -1.12. The molecule has 0 bridgehead atoms. The van der Waals surface area contributed by atoms with Gasteiger partial charge >= 0.3 is 0 Å². The molecule has 1 amide bonds. The van der Waals surface area contributed by atoms with Crippen LogP contribution in [0.1, 0.15) is 23.2 Å². The van der Waals surface area contributed by atoms with E-state index in [-0.39, 0.29) is 11.3 Å². The highest BCUT2D eigenvalue weighted by atomic mass is 127. The van der Waals surface area contributed by atoms with Crippen molar-refractivity contribution in [3.8, 4) is 0 Å². The lowest BCUT2D eigenvalue weighted by Crippen LogP contribution is -2.26. The van der Waals surface area contributed by atoms with Gasteiger partial charge in [0, 0.05) is 8.04 Å². The minimum absolute atomic E-state index is 0.0415. The van der Waals surface area contributed by atoms with Crippen molar-refractivity contribution in [2.45, 2.75) is 12.8 Å². The molecule has 0 radical (unpaired) electrons. The number of nitrogens with one attached hydrogen (secondary N) is 2. The Morgan fingerprint density at radius 1 is 1.28 bits per heavy atom. The van der Waals surface area contributed by atoms with Crippen molar-refractivity contribution in [2.24, 2.45) is 5.92 Å². The van der Waals surface area contributed by atoms with Crippen LogP contribution in [0.2, 0.25) is 0 Å². The van der Waals surface area contributed by atoms with E-state index >= 15 is 0 Å². The van der Waals surface area contributed by atoms with Crippen LogP contribution >= 0.6 is 38.5 Å². The van der Waals surface area contributed by atoms with E-state index in [1.165, 1.54) is 6.07 Å². The average molecular weight is 523 g/mol. The molecule has 0 aliphatic heterocycles. The molecule has 0 saturated heterocycles. The van der Waals surface area contributed by atoms with Gasteiger partial charge in [0.2, 0.25) is 0 Å². The molecule has 25 heavy (non-hydrogen) atoms. The summed E-state index contributed by atoms with van der Waals surface area (Å²) in [5.74, 6) is -2.34. The summed E-state index contributed by atoms with van der Waals surface area (Å²) in [7, 11) is 0. The second kappa shape index (κ2) is 7.96. The molecule has 2 aromatic carbocycles. The van der Waals surface area contributed by atoms with Crippen LogP contribution in [-0.4, -0.2) is 12.5 Å². The second-order valence-corrected chi connectivity index (χ2v) is 7.82. The van der Waals surface area contributed by atoms with Crippen molar-refractivity contribution in [3.05, 3.63) is 55.6 Å². The Hall–Kier alpha value is -1.26. The largest absolute Gasteiger partial charge is 0.351 e. The van der Waals surface area contributed by atoms with Gasteiger partial charge in [0.15, 0.2) is 11.6 Å². The molecule has 1 aliphatic rings. The molecule has 1 saturated carbocycles. The fourth-order valence-corrected chi connectivity index (χ4v) is 3.55. The maximum Gasteiger partial charge on any atom is 0.277 e. The van der Waals surface area contributed by atoms with Gasteiger partial charge in [-0.3, -0.25) is 9.63 Å². The van der Waals surface area contributed by atoms with E-state index in [2.05, 4.69) is 49.3 Å². The molecule has 0 unspecified atom stereocenters. The third-order valence-electron chi connectivity index (χ3n) is 3.71. The van der Waals surface area contributed by atoms with Crippen LogP contribution in [0.5, 0.6) is 0 Å². The normalized spacial score (nSPS) is 13.6. The first-order valence-electron chi connectivity index (χ1n) is 7.58. The first-order valence-corrected chi connectivity index (χ1v) is 9.45. The predicted octanol–water partition coefficient (Wildman–Crippen LogP) is 5.15. The van der Waals surface area contributed by atoms with Gasteiger partial charge in [-0.25, -0.2) is 14.3 Å². The Bertz CT molecular complexity index is 815. The number of carbonyl (C=O) groups excluding carboxylic acids is 1. The van der Waals surface area contributed by atoms with Gasteiger partial charge in [-0.15, -0.1) is 0 Å². The van der Waals surface area contributed by atoms with Crippen molar-refractivity contribution in [2.75, 3.05) is 11.9 Å². The monoisotopic (exact) mass is 522 g/mol. The second-order valence-electron chi connectivity index (χ2n) is 5.72. The summed E-state index contributed by atoms with van der Waals surface area (Å²) in [6.45, 7) is 0.418. The van der Waals surface area contributed by atoms with Gasteiger partial charge < -0.3 is 5.32 Å². The number of amides is 1. The van der Waals surface area contributed by atoms with E-state index in [9.17, 15) is 13.6 Å². The van der Waals surface area contributed by atoms with Gasteiger partial charge in [0.05, 0.1) is 23.5 Å². The van der Waals surface area contributed by atoms with E-state index in [0.29, 0.717) is 22.7 Å². The Morgan fingerprint density at radius 3 is 2.72 bits per heavy atom. The highest BCUT2D eigenvalue weighted by Crippen LogP contribution is 2.32. The summed E-state index contributed by atoms with van der Waals surface area (Å²) in [5, 5.41) is 2.79. The number of anilines is 2. The predicted molar refractivity (Wildman–Crippen MR) is 103 cm³/mol. The summed E-state index contributed by atoms with van der Waals surface area (Å²) >= 11 is 5.50. The summed E-state index contributed by atoms with van der Waals surface area (Å²) in [5.41, 5.74) is 2.52. The topological polar surface area (TPSA) is 50.4 Å². The summed E-state index contributed by atoms with van der Waals surface area (Å²) in [4.78, 5) is 17.4. The van der Waals surface area contributed by atoms with E-state index in [1.807, 2.05) is 12.1 Å². The Morgan fingerprint density at radius 2 is 2.04 bits per heavy atom. The van der Waals surface area contributed by atoms with E-state index < -0.39 is 17.5 Å². The molecule has 1 fully saturated rings. The summed E-state index contributed by atoms with van der Waals surface area (Å²) in [6, 6.07) is 7.47. The molecular weight excluding hydrogens is 509 g/mol. The number of hydrogen-bond donors (Lipinski definition) is 2. The average Bonchev–Trinajstić information content (AvgIpc) is 3.38. The molecular formula is C17H14BrF2IN2O2. The van der Waals surface area contributed by atoms with Crippen LogP contribution in [0.4, 0.5) is 20.2 Å². The zero-order valence-corrected chi connectivity index (χ0v) is 16.7. The standard InChI is InChI=1S/C17H14BrF2IN2O2/c18-12-7-10(21)3-6-14(12)22-16-11(4-5-13(19)15(16)20)17(24)23-25-8-9-1-2-9/h3-7,9,22H,1-2,8H2,(H,23,24). The number of hydroxylamine groups is 1. The number of rotatable bonds is 6. The molecule has 0 aromatic heterocycles. The third kappa shape index (κ3) is 4.68. The van der Waals surface area contributed by atoms with Gasteiger partial charge in [-0.2, -0.15) is 0 Å². The zero-order valence-electron chi connectivity index (χ0n) is 12.9. The quantitative estimate of drug-likeness (QED) is 0.407. The Labute approximate surface area is 165 Å². The van der Waals surface area contributed by atoms with Crippen molar-refractivity contribution >= 4 is 55.8 Å². The minimum Gasteiger partial charge on any atom is -0.351 e. The molecule has 4 nitrogen and oxygen atoms in total. The molecule has 8 heteroatoms. The van der Waals surface area contributed by atoms with Crippen LogP contribution < -0.4 is 10.8 Å². The first-order chi connectivity index (χ1) is 12.0. The number of hydrogen-bond acceptors (Lipinski definition) is 3. The first kappa shape index (κ1) is 18.5. The third-order valence-corrected chi connectivity index (χ3v) is 5.04. The fourth-order valence-electron chi connectivity index (χ4n) is 2.15. The van der Waals surface area contributed by atoms with Gasteiger partial charge in [0.25, 0.3) is 5.91 Å². The van der Waals surface area contributed by atoms with Crippen LogP contribution in [0.3, 0.4) is 0 Å². The van der Waals surface area contributed by atoms with Crippen LogP contribution in [-0.2, 0) is 4.84 Å². The summed E-state index contributed by atoms with van der Waals surface area (Å²) in [6.07, 6.45) is 2.16. The van der Waals surface area contributed by atoms with Crippen molar-refractivity contribution < 1.29 is 18.4 Å². The van der Waals surface area contributed by atoms with Crippen molar-refractivity contribution in [1.82, 2.24) is 5.48 Å². The highest BCUT2D eigenvalue weighted by Gasteiger charge is 2.23. The maximum atomic E-state index is 14.3. The lowest BCUT2D eigenvalue weighted by molar-refractivity contribution is 0.0270. The molecule has 3 rings (SSSR count). The molecule has 2 N–H and O–H groups in total. The number of halogens is 4. The molecule has 2 aromatic rings. The Kier molecular flexibility index (Phi) is 5.90. The zero-order chi connectivity index (χ0) is 18.0. The molecule has 132 valence electrons. The SMILES string of the molecule is O=C(NOCC1CC1)c1ccc(F)c(F)c1Nc1ccc(I)cc1Br. The molecule has 0 heterocycles. The van der Waals surface area contributed by atoms with Crippen LogP contribution in [0, 0.1) is 21.1 Å². The lowest BCUT2D eigenvalue weighted by atomic mass is 10.1. The maximum absolute atomic E-state index is 14.3. The van der Waals surface area contributed by atoms with E-state index in [1.54, 1.807) is 6.07 Å². The smallest absolute Gasteiger partial charge is 0.277 e.